The summed E-state index contributed by atoms with van der Waals surface area (Å²) in [5.74, 6) is -1.44. The van der Waals surface area contributed by atoms with Crippen molar-refractivity contribution in [2.24, 2.45) is 0 Å². The van der Waals surface area contributed by atoms with Crippen molar-refractivity contribution in [1.82, 2.24) is 5.32 Å². The average molecular weight is 441 g/mol. The Balaban J connectivity index is 1.36. The molecule has 0 saturated carbocycles. The van der Waals surface area contributed by atoms with Crippen molar-refractivity contribution in [2.45, 2.75) is 12.1 Å². The molecule has 0 spiro atoms. The average Bonchev–Trinajstić information content (AvgIpc) is 3.08. The normalized spacial score (nSPS) is 13.1. The molecular weight excluding hydrogens is 422 g/mol. The molecule has 0 unspecified atom stereocenters. The van der Waals surface area contributed by atoms with Gasteiger partial charge >= 0.3 is 12.3 Å². The largest absolute Gasteiger partial charge is 0.449 e. The number of carbonyl (C=O) groups excluding carboxylic acids is 1. The smallest absolute Gasteiger partial charge is 0.419 e. The van der Waals surface area contributed by atoms with E-state index >= 15 is 0 Å². The van der Waals surface area contributed by atoms with Gasteiger partial charge in [0.2, 0.25) is 0 Å². The van der Waals surface area contributed by atoms with Crippen molar-refractivity contribution in [3.8, 4) is 11.1 Å². The summed E-state index contributed by atoms with van der Waals surface area (Å²) in [6, 6.07) is 19.0. The number of hydrogen-bond donors (Lipinski definition) is 1. The molecule has 0 aromatic heterocycles. The minimum absolute atomic E-state index is 0.0650. The molecule has 7 heteroatoms. The molecule has 3 nitrogen and oxygen atoms in total. The van der Waals surface area contributed by atoms with Crippen LogP contribution in [0.25, 0.3) is 17.2 Å². The van der Waals surface area contributed by atoms with Crippen molar-refractivity contribution in [1.29, 1.82) is 0 Å². The van der Waals surface area contributed by atoms with E-state index in [0.29, 0.717) is 0 Å². The summed E-state index contributed by atoms with van der Waals surface area (Å²) in [6.07, 6.45) is -3.07. The van der Waals surface area contributed by atoms with E-state index in [0.717, 1.165) is 40.5 Å². The number of hydrogen-bond acceptors (Lipinski definition) is 2. The van der Waals surface area contributed by atoms with Gasteiger partial charge in [-0.05, 0) is 33.9 Å². The highest BCUT2D eigenvalue weighted by Crippen LogP contribution is 2.44. The Kier molecular flexibility index (Phi) is 5.99. The van der Waals surface area contributed by atoms with Gasteiger partial charge in [0.1, 0.15) is 12.4 Å². The van der Waals surface area contributed by atoms with Crippen LogP contribution in [0.1, 0.15) is 28.2 Å². The van der Waals surface area contributed by atoms with E-state index in [-0.39, 0.29) is 24.6 Å². The van der Waals surface area contributed by atoms with Crippen LogP contribution >= 0.6 is 0 Å². The fraction of sp³-hybridized carbons (Fsp3) is 0.160. The SMILES string of the molecule is O=C(NCC=Cc1cccc(F)c1C(F)(F)F)OCC1c2ccccc2-c2ccccc21. The standard InChI is InChI=1S/C25H19F4NO2/c26-22-13-5-7-16(23(22)25(27,28)29)8-6-14-30-24(31)32-15-21-19-11-3-1-9-17(19)18-10-2-4-12-20(18)21/h1-13,21H,14-15H2,(H,30,31). The number of rotatable bonds is 5. The summed E-state index contributed by atoms with van der Waals surface area (Å²) >= 11 is 0. The topological polar surface area (TPSA) is 38.3 Å². The number of alkyl carbamates (subject to hydrolysis) is 1. The first-order valence-electron chi connectivity index (χ1n) is 9.97. The molecule has 0 saturated heterocycles. The van der Waals surface area contributed by atoms with Crippen LogP contribution in [0, 0.1) is 5.82 Å². The molecule has 3 aromatic rings. The van der Waals surface area contributed by atoms with Crippen LogP contribution in [0.5, 0.6) is 0 Å². The highest BCUT2D eigenvalue weighted by molar-refractivity contribution is 5.79. The van der Waals surface area contributed by atoms with E-state index < -0.39 is 23.7 Å². The molecule has 0 heterocycles. The van der Waals surface area contributed by atoms with E-state index in [1.807, 2.05) is 48.5 Å². The summed E-state index contributed by atoms with van der Waals surface area (Å²) in [7, 11) is 0. The van der Waals surface area contributed by atoms with Crippen molar-refractivity contribution >= 4 is 12.2 Å². The number of carbonyl (C=O) groups is 1. The minimum Gasteiger partial charge on any atom is -0.449 e. The van der Waals surface area contributed by atoms with E-state index in [2.05, 4.69) is 5.32 Å². The van der Waals surface area contributed by atoms with E-state index in [1.165, 1.54) is 12.1 Å². The maximum atomic E-state index is 13.6. The predicted octanol–water partition coefficient (Wildman–Crippen LogP) is 6.40. The summed E-state index contributed by atoms with van der Waals surface area (Å²) in [5.41, 5.74) is 2.72. The summed E-state index contributed by atoms with van der Waals surface area (Å²) in [6.45, 7) is 0.0657. The molecule has 0 aliphatic heterocycles. The molecule has 4 rings (SSSR count). The van der Waals surface area contributed by atoms with Crippen LogP contribution in [0.15, 0.2) is 72.8 Å². The lowest BCUT2D eigenvalue weighted by Gasteiger charge is -2.14. The number of benzene rings is 3. The van der Waals surface area contributed by atoms with Gasteiger partial charge in [0.15, 0.2) is 0 Å². The first-order valence-corrected chi connectivity index (χ1v) is 9.97. The summed E-state index contributed by atoms with van der Waals surface area (Å²) < 4.78 is 58.1. The Morgan fingerprint density at radius 2 is 1.56 bits per heavy atom. The first kappa shape index (κ1) is 21.6. The third-order valence-corrected chi connectivity index (χ3v) is 5.33. The molecule has 0 atom stereocenters. The summed E-state index contributed by atoms with van der Waals surface area (Å²) in [4.78, 5) is 12.1. The molecule has 3 aromatic carbocycles. The van der Waals surface area contributed by atoms with Gasteiger partial charge in [0.05, 0.1) is 5.56 Å². The maximum Gasteiger partial charge on any atom is 0.419 e. The van der Waals surface area contributed by atoms with E-state index in [4.69, 9.17) is 4.74 Å². The zero-order chi connectivity index (χ0) is 22.7. The van der Waals surface area contributed by atoms with E-state index in [1.54, 1.807) is 0 Å². The third kappa shape index (κ3) is 4.37. The Labute approximate surface area is 182 Å². The molecule has 1 aliphatic rings. The van der Waals surface area contributed by atoms with Crippen LogP contribution in [-0.2, 0) is 10.9 Å². The molecule has 0 radical (unpaired) electrons. The minimum atomic E-state index is -4.81. The zero-order valence-corrected chi connectivity index (χ0v) is 16.8. The van der Waals surface area contributed by atoms with Gasteiger partial charge in [0.25, 0.3) is 0 Å². The lowest BCUT2D eigenvalue weighted by Crippen LogP contribution is -2.26. The summed E-state index contributed by atoms with van der Waals surface area (Å²) in [5, 5.41) is 2.47. The Morgan fingerprint density at radius 1 is 0.938 bits per heavy atom. The van der Waals surface area contributed by atoms with Gasteiger partial charge in [0, 0.05) is 12.5 Å². The molecule has 1 amide bonds. The molecule has 164 valence electrons. The van der Waals surface area contributed by atoms with Crippen molar-refractivity contribution < 1.29 is 27.1 Å². The van der Waals surface area contributed by atoms with Gasteiger partial charge in [-0.2, -0.15) is 13.2 Å². The van der Waals surface area contributed by atoms with E-state index in [9.17, 15) is 22.4 Å². The number of nitrogens with one attached hydrogen (secondary N) is 1. The lowest BCUT2D eigenvalue weighted by molar-refractivity contribution is -0.140. The van der Waals surface area contributed by atoms with Gasteiger partial charge < -0.3 is 10.1 Å². The second-order valence-corrected chi connectivity index (χ2v) is 7.31. The van der Waals surface area contributed by atoms with Gasteiger partial charge in [-0.1, -0.05) is 72.8 Å². The van der Waals surface area contributed by atoms with Gasteiger partial charge in [-0.15, -0.1) is 0 Å². The van der Waals surface area contributed by atoms with Crippen LogP contribution < -0.4 is 5.32 Å². The monoisotopic (exact) mass is 441 g/mol. The molecule has 32 heavy (non-hydrogen) atoms. The number of fused-ring (bicyclic) bond motifs is 3. The second-order valence-electron chi connectivity index (χ2n) is 7.31. The lowest BCUT2D eigenvalue weighted by atomic mass is 9.98. The first-order chi connectivity index (χ1) is 15.4. The fourth-order valence-electron chi connectivity index (χ4n) is 3.96. The Hall–Kier alpha value is -3.61. The van der Waals surface area contributed by atoms with Crippen LogP contribution in [-0.4, -0.2) is 19.2 Å². The van der Waals surface area contributed by atoms with Gasteiger partial charge in [-0.3, -0.25) is 0 Å². The Bertz CT molecular complexity index is 1130. The van der Waals surface area contributed by atoms with Crippen molar-refractivity contribution in [3.63, 3.8) is 0 Å². The predicted molar refractivity (Wildman–Crippen MR) is 114 cm³/mol. The highest BCUT2D eigenvalue weighted by atomic mass is 19.4. The van der Waals surface area contributed by atoms with Crippen molar-refractivity contribution in [3.05, 3.63) is 101 Å². The second kappa shape index (κ2) is 8.86. The molecule has 0 bridgehead atoms. The maximum absolute atomic E-state index is 13.6. The van der Waals surface area contributed by atoms with Gasteiger partial charge in [-0.25, -0.2) is 9.18 Å². The molecule has 1 N–H and O–H groups in total. The molecular formula is C25H19F4NO2. The highest BCUT2D eigenvalue weighted by Gasteiger charge is 2.36. The van der Waals surface area contributed by atoms with Crippen molar-refractivity contribution in [2.75, 3.05) is 13.2 Å². The quantitative estimate of drug-likeness (QED) is 0.466. The zero-order valence-electron chi connectivity index (χ0n) is 16.8. The number of halogens is 4. The third-order valence-electron chi connectivity index (χ3n) is 5.33. The fourth-order valence-corrected chi connectivity index (χ4v) is 3.96. The number of alkyl halides is 3. The molecule has 1 aliphatic carbocycles. The molecule has 0 fully saturated rings. The number of ether oxygens (including phenoxy) is 1. The van der Waals surface area contributed by atoms with Crippen LogP contribution in [0.4, 0.5) is 22.4 Å². The Morgan fingerprint density at radius 3 is 2.19 bits per heavy atom. The van der Waals surface area contributed by atoms with Crippen LogP contribution in [0.2, 0.25) is 0 Å². The van der Waals surface area contributed by atoms with Crippen LogP contribution in [0.3, 0.4) is 0 Å². The number of amides is 1.